The Labute approximate surface area is 96.9 Å². The van der Waals surface area contributed by atoms with Gasteiger partial charge in [0.15, 0.2) is 5.82 Å². The van der Waals surface area contributed by atoms with E-state index in [9.17, 15) is 0 Å². The van der Waals surface area contributed by atoms with E-state index in [-0.39, 0.29) is 0 Å². The largest absolute Gasteiger partial charge is 0.352 e. The van der Waals surface area contributed by atoms with Gasteiger partial charge in [-0.2, -0.15) is 0 Å². The third-order valence-corrected chi connectivity index (χ3v) is 3.24. The first-order chi connectivity index (χ1) is 7.58. The van der Waals surface area contributed by atoms with E-state index in [2.05, 4.69) is 21.8 Å². The van der Waals surface area contributed by atoms with E-state index in [1.165, 1.54) is 0 Å². The fourth-order valence-electron chi connectivity index (χ4n) is 2.32. The lowest BCUT2D eigenvalue weighted by atomic mass is 9.99. The van der Waals surface area contributed by atoms with Crippen LogP contribution < -0.4 is 10.6 Å². The van der Waals surface area contributed by atoms with Gasteiger partial charge in [0.05, 0.1) is 11.4 Å². The summed E-state index contributed by atoms with van der Waals surface area (Å²) in [5.74, 6) is 1.03. The van der Waals surface area contributed by atoms with Crippen LogP contribution in [-0.2, 0) is 0 Å². The van der Waals surface area contributed by atoms with E-state index in [0.717, 1.165) is 36.6 Å². The summed E-state index contributed by atoms with van der Waals surface area (Å²) in [7, 11) is 0. The van der Waals surface area contributed by atoms with E-state index >= 15 is 0 Å². The Balaban J connectivity index is 2.26. The predicted octanol–water partition coefficient (Wildman–Crippen LogP) is 1.41. The Morgan fingerprint density at radius 3 is 2.88 bits per heavy atom. The van der Waals surface area contributed by atoms with Crippen LogP contribution in [0.25, 0.3) is 0 Å². The molecule has 0 aliphatic carbocycles. The lowest BCUT2D eigenvalue weighted by molar-refractivity contribution is 0.426. The summed E-state index contributed by atoms with van der Waals surface area (Å²) in [5, 5.41) is 0. The zero-order valence-electron chi connectivity index (χ0n) is 10.3. The van der Waals surface area contributed by atoms with Gasteiger partial charge in [-0.05, 0) is 33.6 Å². The Kier molecular flexibility index (Phi) is 3.10. The molecular formula is C12H20N4. The molecule has 4 heteroatoms. The Morgan fingerprint density at radius 1 is 1.44 bits per heavy atom. The van der Waals surface area contributed by atoms with Crippen molar-refractivity contribution in [2.24, 2.45) is 5.73 Å². The number of aromatic nitrogens is 2. The van der Waals surface area contributed by atoms with Crippen LogP contribution in [0.4, 0.5) is 5.82 Å². The highest BCUT2D eigenvalue weighted by atomic mass is 15.2. The molecule has 1 saturated heterocycles. The quantitative estimate of drug-likeness (QED) is 0.777. The van der Waals surface area contributed by atoms with Crippen LogP contribution in [0.1, 0.15) is 31.2 Å². The number of nitrogens with two attached hydrogens (primary N) is 1. The monoisotopic (exact) mass is 220 g/mol. The zero-order valence-corrected chi connectivity index (χ0v) is 10.3. The summed E-state index contributed by atoms with van der Waals surface area (Å²) in [6, 6.07) is 0.794. The molecule has 0 amide bonds. The number of nitrogens with zero attached hydrogens (tertiary/aromatic N) is 3. The predicted molar refractivity (Wildman–Crippen MR) is 65.5 cm³/mol. The molecule has 1 fully saturated rings. The van der Waals surface area contributed by atoms with E-state index in [4.69, 9.17) is 5.73 Å². The van der Waals surface area contributed by atoms with Gasteiger partial charge in [-0.1, -0.05) is 0 Å². The van der Waals surface area contributed by atoms with E-state index in [1.807, 2.05) is 20.0 Å². The van der Waals surface area contributed by atoms with Crippen LogP contribution in [0.15, 0.2) is 6.20 Å². The van der Waals surface area contributed by atoms with E-state index < -0.39 is 0 Å². The van der Waals surface area contributed by atoms with Crippen molar-refractivity contribution in [1.82, 2.24) is 9.97 Å². The number of rotatable bonds is 1. The van der Waals surface area contributed by atoms with Gasteiger partial charge in [0.1, 0.15) is 0 Å². The fraction of sp³-hybridized carbons (Fsp3) is 0.667. The molecule has 2 N–H and O–H groups in total. The second kappa shape index (κ2) is 4.37. The summed E-state index contributed by atoms with van der Waals surface area (Å²) >= 11 is 0. The molecule has 16 heavy (non-hydrogen) atoms. The molecule has 4 nitrogen and oxygen atoms in total. The molecule has 0 radical (unpaired) electrons. The second-order valence-electron chi connectivity index (χ2n) is 4.75. The fourth-order valence-corrected chi connectivity index (χ4v) is 2.32. The highest BCUT2D eigenvalue weighted by molar-refractivity contribution is 5.44. The number of anilines is 1. The lowest BCUT2D eigenvalue weighted by Gasteiger charge is -2.37. The van der Waals surface area contributed by atoms with Crippen molar-refractivity contribution >= 4 is 5.82 Å². The topological polar surface area (TPSA) is 55.0 Å². The number of hydrogen-bond donors (Lipinski definition) is 1. The van der Waals surface area contributed by atoms with Gasteiger partial charge in [0.25, 0.3) is 0 Å². The van der Waals surface area contributed by atoms with Crippen molar-refractivity contribution in [3.63, 3.8) is 0 Å². The minimum atomic E-state index is 0.337. The van der Waals surface area contributed by atoms with Crippen molar-refractivity contribution < 1.29 is 0 Å². The third kappa shape index (κ3) is 2.16. The first-order valence-electron chi connectivity index (χ1n) is 5.90. The Hall–Kier alpha value is -1.16. The van der Waals surface area contributed by atoms with Crippen LogP contribution in [0.5, 0.6) is 0 Å². The highest BCUT2D eigenvalue weighted by Crippen LogP contribution is 2.24. The lowest BCUT2D eigenvalue weighted by Crippen LogP contribution is -2.46. The summed E-state index contributed by atoms with van der Waals surface area (Å²) < 4.78 is 0. The Bertz CT molecular complexity index is 377. The van der Waals surface area contributed by atoms with Crippen LogP contribution in [-0.4, -0.2) is 28.6 Å². The maximum atomic E-state index is 5.97. The first-order valence-corrected chi connectivity index (χ1v) is 5.90. The average molecular weight is 220 g/mol. The number of hydrogen-bond acceptors (Lipinski definition) is 4. The highest BCUT2D eigenvalue weighted by Gasteiger charge is 2.25. The van der Waals surface area contributed by atoms with Gasteiger partial charge in [0.2, 0.25) is 0 Å². The van der Waals surface area contributed by atoms with Crippen molar-refractivity contribution in [2.75, 3.05) is 11.4 Å². The minimum Gasteiger partial charge on any atom is -0.352 e. The molecule has 2 atom stereocenters. The normalized spacial score (nSPS) is 25.9. The van der Waals surface area contributed by atoms with Crippen molar-refractivity contribution in [3.05, 3.63) is 17.6 Å². The van der Waals surface area contributed by atoms with Crippen LogP contribution >= 0.6 is 0 Å². The number of aryl methyl sites for hydroxylation is 2. The third-order valence-electron chi connectivity index (χ3n) is 3.24. The maximum absolute atomic E-state index is 5.97. The second-order valence-corrected chi connectivity index (χ2v) is 4.75. The van der Waals surface area contributed by atoms with Gasteiger partial charge in [-0.3, -0.25) is 4.98 Å². The minimum absolute atomic E-state index is 0.337. The molecule has 0 saturated carbocycles. The molecular weight excluding hydrogens is 200 g/mol. The molecule has 1 aliphatic rings. The van der Waals surface area contributed by atoms with Crippen molar-refractivity contribution in [2.45, 2.75) is 45.7 Å². The van der Waals surface area contributed by atoms with Gasteiger partial charge < -0.3 is 10.6 Å². The molecule has 1 aliphatic heterocycles. The van der Waals surface area contributed by atoms with Crippen LogP contribution in [0.2, 0.25) is 0 Å². The summed E-state index contributed by atoms with van der Waals surface area (Å²) in [6.45, 7) is 7.20. The molecule has 0 spiro atoms. The summed E-state index contributed by atoms with van der Waals surface area (Å²) in [6.07, 6.45) is 3.90. The molecule has 1 aromatic heterocycles. The van der Waals surface area contributed by atoms with Crippen LogP contribution in [0, 0.1) is 13.8 Å². The van der Waals surface area contributed by atoms with Gasteiger partial charge in [-0.25, -0.2) is 4.98 Å². The Morgan fingerprint density at radius 2 is 2.19 bits per heavy atom. The van der Waals surface area contributed by atoms with Gasteiger partial charge in [0, 0.05) is 24.8 Å². The smallest absolute Gasteiger partial charge is 0.150 e. The molecule has 2 heterocycles. The first kappa shape index (κ1) is 11.3. The molecule has 1 aromatic rings. The molecule has 2 rings (SSSR count). The van der Waals surface area contributed by atoms with Crippen LogP contribution in [0.3, 0.4) is 0 Å². The summed E-state index contributed by atoms with van der Waals surface area (Å²) in [4.78, 5) is 11.3. The van der Waals surface area contributed by atoms with E-state index in [0.29, 0.717) is 12.1 Å². The van der Waals surface area contributed by atoms with Crippen molar-refractivity contribution in [3.8, 4) is 0 Å². The summed E-state index contributed by atoms with van der Waals surface area (Å²) in [5.41, 5.74) is 7.95. The number of piperidine rings is 1. The molecule has 88 valence electrons. The van der Waals surface area contributed by atoms with Gasteiger partial charge in [-0.15, -0.1) is 0 Å². The molecule has 0 bridgehead atoms. The SMILES string of the molecule is Cc1cnc(C)c(N2CCC(N)CC2C)n1. The van der Waals surface area contributed by atoms with Gasteiger partial charge >= 0.3 is 0 Å². The molecule has 2 unspecified atom stereocenters. The average Bonchev–Trinajstić information content (AvgIpc) is 2.22. The zero-order chi connectivity index (χ0) is 11.7. The van der Waals surface area contributed by atoms with Crippen molar-refractivity contribution in [1.29, 1.82) is 0 Å². The standard InChI is InChI=1S/C12H20N4/c1-8-7-14-10(3)12(15-8)16-5-4-11(13)6-9(16)2/h7,9,11H,4-6,13H2,1-3H3. The maximum Gasteiger partial charge on any atom is 0.150 e. The molecule has 0 aromatic carbocycles. The van der Waals surface area contributed by atoms with E-state index in [1.54, 1.807) is 0 Å².